The van der Waals surface area contributed by atoms with Crippen molar-refractivity contribution in [3.05, 3.63) is 47.1 Å². The maximum atomic E-state index is 4.96. The topological polar surface area (TPSA) is 78.6 Å². The minimum absolute atomic E-state index is 0. The summed E-state index contributed by atoms with van der Waals surface area (Å²) in [5.74, 6) is 1.90. The molecular formula is C19H29IN6O. The van der Waals surface area contributed by atoms with E-state index < -0.39 is 0 Å². The zero-order valence-corrected chi connectivity index (χ0v) is 18.4. The van der Waals surface area contributed by atoms with E-state index in [9.17, 15) is 0 Å². The van der Waals surface area contributed by atoms with E-state index in [0.717, 1.165) is 13.1 Å². The average molecular weight is 484 g/mol. The Kier molecular flexibility index (Phi) is 8.99. The van der Waals surface area contributed by atoms with Crippen LogP contribution in [0.4, 0.5) is 0 Å². The Hall–Kier alpha value is -1.68. The van der Waals surface area contributed by atoms with Gasteiger partial charge in [0.05, 0.1) is 6.54 Å². The average Bonchev–Trinajstić information content (AvgIpc) is 3.09. The second-order valence-corrected chi connectivity index (χ2v) is 6.66. The maximum absolute atomic E-state index is 4.96. The Bertz CT molecular complexity index is 709. The maximum Gasteiger partial charge on any atom is 0.223 e. The number of halogens is 1. The normalized spacial score (nSPS) is 15.3. The number of aromatic nitrogens is 2. The minimum Gasteiger partial charge on any atom is -0.352 e. The Morgan fingerprint density at radius 1 is 1.07 bits per heavy atom. The highest BCUT2D eigenvalue weighted by Crippen LogP contribution is 2.13. The van der Waals surface area contributed by atoms with E-state index in [4.69, 9.17) is 4.52 Å². The van der Waals surface area contributed by atoms with E-state index in [1.165, 1.54) is 43.5 Å². The fraction of sp³-hybridized carbons (Fsp3) is 0.526. The molecule has 2 aromatic rings. The Morgan fingerprint density at radius 3 is 2.37 bits per heavy atom. The van der Waals surface area contributed by atoms with Crippen molar-refractivity contribution in [2.24, 2.45) is 4.99 Å². The van der Waals surface area contributed by atoms with Crippen LogP contribution in [0.1, 0.15) is 42.1 Å². The molecule has 1 aromatic heterocycles. The first kappa shape index (κ1) is 21.6. The summed E-state index contributed by atoms with van der Waals surface area (Å²) in [6.45, 7) is 6.48. The van der Waals surface area contributed by atoms with Crippen LogP contribution in [-0.2, 0) is 19.6 Å². The molecule has 27 heavy (non-hydrogen) atoms. The molecule has 0 atom stereocenters. The van der Waals surface area contributed by atoms with Gasteiger partial charge in [-0.05, 0) is 37.1 Å². The molecule has 1 saturated heterocycles. The minimum atomic E-state index is 0. The van der Waals surface area contributed by atoms with Crippen molar-refractivity contribution in [3.8, 4) is 0 Å². The molecule has 0 radical (unpaired) electrons. The van der Waals surface area contributed by atoms with Crippen molar-refractivity contribution in [2.45, 2.75) is 45.8 Å². The highest BCUT2D eigenvalue weighted by atomic mass is 127. The lowest BCUT2D eigenvalue weighted by atomic mass is 10.1. The first-order chi connectivity index (χ1) is 12.7. The van der Waals surface area contributed by atoms with Crippen molar-refractivity contribution >= 4 is 29.9 Å². The van der Waals surface area contributed by atoms with Crippen molar-refractivity contribution in [1.82, 2.24) is 25.7 Å². The van der Waals surface area contributed by atoms with Crippen molar-refractivity contribution < 1.29 is 4.52 Å². The Morgan fingerprint density at radius 2 is 1.74 bits per heavy atom. The highest BCUT2D eigenvalue weighted by molar-refractivity contribution is 14.0. The third-order valence-corrected chi connectivity index (χ3v) is 4.54. The fourth-order valence-corrected chi connectivity index (χ4v) is 3.12. The van der Waals surface area contributed by atoms with Crippen molar-refractivity contribution in [2.75, 3.05) is 20.1 Å². The van der Waals surface area contributed by atoms with Gasteiger partial charge in [0.25, 0.3) is 0 Å². The molecule has 148 valence electrons. The molecule has 3 rings (SSSR count). The summed E-state index contributed by atoms with van der Waals surface area (Å²) in [4.78, 5) is 10.9. The van der Waals surface area contributed by atoms with Gasteiger partial charge in [0.1, 0.15) is 0 Å². The van der Waals surface area contributed by atoms with E-state index in [2.05, 4.69) is 54.9 Å². The monoisotopic (exact) mass is 484 g/mol. The van der Waals surface area contributed by atoms with Crippen molar-refractivity contribution in [3.63, 3.8) is 0 Å². The first-order valence-corrected chi connectivity index (χ1v) is 9.27. The van der Waals surface area contributed by atoms with Gasteiger partial charge in [0.15, 0.2) is 11.8 Å². The second-order valence-electron chi connectivity index (χ2n) is 6.66. The Balaban J connectivity index is 0.00000261. The van der Waals surface area contributed by atoms with E-state index in [0.29, 0.717) is 24.2 Å². The highest BCUT2D eigenvalue weighted by Gasteiger charge is 2.10. The summed E-state index contributed by atoms with van der Waals surface area (Å²) in [5.41, 5.74) is 2.61. The summed E-state index contributed by atoms with van der Waals surface area (Å²) >= 11 is 0. The van der Waals surface area contributed by atoms with E-state index in [1.807, 2.05) is 0 Å². The van der Waals surface area contributed by atoms with Gasteiger partial charge in [-0.3, -0.25) is 9.89 Å². The second kappa shape index (κ2) is 11.2. The number of nitrogens with zero attached hydrogens (tertiary/aromatic N) is 4. The number of piperidine rings is 1. The molecule has 1 aliphatic heterocycles. The predicted octanol–water partition coefficient (Wildman–Crippen LogP) is 2.85. The van der Waals surface area contributed by atoms with Gasteiger partial charge in [-0.25, -0.2) is 0 Å². The third kappa shape index (κ3) is 7.10. The van der Waals surface area contributed by atoms with Crippen LogP contribution in [0, 0.1) is 6.92 Å². The standard InChI is InChI=1S/C19H28N6O.HI/c1-15-23-18(24-26-15)13-22-19(20-2)21-12-16-6-8-17(9-7-16)14-25-10-4-3-5-11-25;/h6-9H,3-5,10-14H2,1-2H3,(H2,20,21,22);1H. The van der Waals surface area contributed by atoms with Gasteiger partial charge in [0, 0.05) is 27.1 Å². The molecule has 0 bridgehead atoms. The molecule has 2 N–H and O–H groups in total. The molecular weight excluding hydrogens is 455 g/mol. The number of aliphatic imine (C=N–C) groups is 1. The molecule has 0 saturated carbocycles. The molecule has 0 amide bonds. The van der Waals surface area contributed by atoms with Gasteiger partial charge in [0.2, 0.25) is 5.89 Å². The molecule has 0 aliphatic carbocycles. The Labute approximate surface area is 178 Å². The van der Waals surface area contributed by atoms with Crippen LogP contribution in [0.15, 0.2) is 33.8 Å². The lowest BCUT2D eigenvalue weighted by molar-refractivity contribution is 0.221. The van der Waals surface area contributed by atoms with Crippen LogP contribution < -0.4 is 10.6 Å². The zero-order chi connectivity index (χ0) is 18.2. The molecule has 1 fully saturated rings. The number of nitrogens with one attached hydrogen (secondary N) is 2. The van der Waals surface area contributed by atoms with Crippen LogP contribution >= 0.6 is 24.0 Å². The van der Waals surface area contributed by atoms with E-state index in [1.54, 1.807) is 14.0 Å². The quantitative estimate of drug-likeness (QED) is 0.373. The molecule has 0 spiro atoms. The number of hydrogen-bond donors (Lipinski definition) is 2. The summed E-state index contributed by atoms with van der Waals surface area (Å²) in [6, 6.07) is 8.82. The number of benzene rings is 1. The molecule has 1 aromatic carbocycles. The molecule has 7 nitrogen and oxygen atoms in total. The van der Waals surface area contributed by atoms with Crippen LogP contribution in [0.5, 0.6) is 0 Å². The smallest absolute Gasteiger partial charge is 0.223 e. The van der Waals surface area contributed by atoms with Gasteiger partial charge in [-0.2, -0.15) is 4.98 Å². The summed E-state index contributed by atoms with van der Waals surface area (Å²) in [5, 5.41) is 10.4. The van der Waals surface area contributed by atoms with Crippen LogP contribution in [-0.4, -0.2) is 41.1 Å². The lowest BCUT2D eigenvalue weighted by Gasteiger charge is -2.26. The van der Waals surface area contributed by atoms with Crippen molar-refractivity contribution in [1.29, 1.82) is 0 Å². The van der Waals surface area contributed by atoms with Gasteiger partial charge >= 0.3 is 0 Å². The van der Waals surface area contributed by atoms with Crippen LogP contribution in [0.3, 0.4) is 0 Å². The van der Waals surface area contributed by atoms with Crippen LogP contribution in [0.2, 0.25) is 0 Å². The summed E-state index contributed by atoms with van der Waals surface area (Å²) in [7, 11) is 1.75. The van der Waals surface area contributed by atoms with Gasteiger partial charge in [-0.15, -0.1) is 24.0 Å². The third-order valence-electron chi connectivity index (χ3n) is 4.54. The zero-order valence-electron chi connectivity index (χ0n) is 16.1. The summed E-state index contributed by atoms with van der Waals surface area (Å²) in [6.07, 6.45) is 4.04. The van der Waals surface area contributed by atoms with Crippen LogP contribution in [0.25, 0.3) is 0 Å². The van der Waals surface area contributed by atoms with E-state index >= 15 is 0 Å². The number of aryl methyl sites for hydroxylation is 1. The molecule has 2 heterocycles. The van der Waals surface area contributed by atoms with Gasteiger partial charge < -0.3 is 15.2 Å². The van der Waals surface area contributed by atoms with E-state index in [-0.39, 0.29) is 24.0 Å². The molecule has 8 heteroatoms. The number of likely N-dealkylation sites (tertiary alicyclic amines) is 1. The largest absolute Gasteiger partial charge is 0.352 e. The number of rotatable bonds is 6. The predicted molar refractivity (Wildman–Crippen MR) is 117 cm³/mol. The first-order valence-electron chi connectivity index (χ1n) is 9.27. The lowest BCUT2D eigenvalue weighted by Crippen LogP contribution is -2.36. The number of guanidine groups is 1. The fourth-order valence-electron chi connectivity index (χ4n) is 3.12. The molecule has 0 unspecified atom stereocenters. The molecule has 1 aliphatic rings. The summed E-state index contributed by atoms with van der Waals surface area (Å²) < 4.78 is 4.96. The van der Waals surface area contributed by atoms with Gasteiger partial charge in [-0.1, -0.05) is 35.8 Å². The SMILES string of the molecule is CN=C(NCc1ccc(CN2CCCCC2)cc1)NCc1noc(C)n1.I. The number of hydrogen-bond acceptors (Lipinski definition) is 5.